The first-order valence-electron chi connectivity index (χ1n) is 9.41. The van der Waals surface area contributed by atoms with Crippen LogP contribution in [0.3, 0.4) is 0 Å². The van der Waals surface area contributed by atoms with Gasteiger partial charge in [-0.05, 0) is 48.7 Å². The van der Waals surface area contributed by atoms with E-state index in [0.29, 0.717) is 18.1 Å². The highest BCUT2D eigenvalue weighted by Gasteiger charge is 2.34. The highest BCUT2D eigenvalue weighted by atomic mass is 35.5. The lowest BCUT2D eigenvalue weighted by Crippen LogP contribution is -2.30. The van der Waals surface area contributed by atoms with Crippen LogP contribution in [0.5, 0.6) is 0 Å². The topological polar surface area (TPSA) is 65.2 Å². The van der Waals surface area contributed by atoms with Gasteiger partial charge in [0.25, 0.3) is 0 Å². The minimum atomic E-state index is -0.328. The van der Waals surface area contributed by atoms with Crippen LogP contribution in [0.2, 0.25) is 5.02 Å². The molecule has 5 nitrogen and oxygen atoms in total. The molecule has 3 aromatic rings. The van der Waals surface area contributed by atoms with Gasteiger partial charge in [0, 0.05) is 47.3 Å². The monoisotopic (exact) mass is 395 g/mol. The third-order valence-electron chi connectivity index (χ3n) is 5.36. The number of hydrogen-bond donors (Lipinski definition) is 2. The standard InChI is InChI=1S/C22H22ClN3O2/c1-14-10-17(23)6-7-19(14)25-22(28)16-11-21(27)26(13-16)9-8-15-12-24-20-5-3-2-4-18(15)20/h2-7,10,12,16,24H,8-9,11,13H2,1H3,(H,25,28). The molecule has 0 bridgehead atoms. The lowest BCUT2D eigenvalue weighted by atomic mass is 10.1. The molecular formula is C22H22ClN3O2. The third-order valence-corrected chi connectivity index (χ3v) is 5.59. The molecule has 1 aliphatic heterocycles. The van der Waals surface area contributed by atoms with Gasteiger partial charge in [0.1, 0.15) is 0 Å². The zero-order chi connectivity index (χ0) is 19.7. The second kappa shape index (κ2) is 7.68. The zero-order valence-corrected chi connectivity index (χ0v) is 16.4. The Kier molecular flexibility index (Phi) is 5.09. The van der Waals surface area contributed by atoms with Gasteiger partial charge < -0.3 is 15.2 Å². The summed E-state index contributed by atoms with van der Waals surface area (Å²) in [7, 11) is 0. The van der Waals surface area contributed by atoms with Crippen LogP contribution >= 0.6 is 11.6 Å². The number of carbonyl (C=O) groups is 2. The number of amides is 2. The molecule has 2 aromatic carbocycles. The zero-order valence-electron chi connectivity index (χ0n) is 15.7. The average molecular weight is 396 g/mol. The number of hydrogen-bond acceptors (Lipinski definition) is 2. The lowest BCUT2D eigenvalue weighted by Gasteiger charge is -2.17. The number of nitrogens with zero attached hydrogens (tertiary/aromatic N) is 1. The molecular weight excluding hydrogens is 374 g/mol. The predicted molar refractivity (Wildman–Crippen MR) is 112 cm³/mol. The minimum Gasteiger partial charge on any atom is -0.361 e. The number of rotatable bonds is 5. The van der Waals surface area contributed by atoms with Crippen LogP contribution in [0.4, 0.5) is 5.69 Å². The summed E-state index contributed by atoms with van der Waals surface area (Å²) in [6.07, 6.45) is 3.02. The summed E-state index contributed by atoms with van der Waals surface area (Å²) in [5, 5.41) is 4.75. The molecule has 0 radical (unpaired) electrons. The van der Waals surface area contributed by atoms with Gasteiger partial charge in [-0.25, -0.2) is 0 Å². The van der Waals surface area contributed by atoms with E-state index in [1.54, 1.807) is 17.0 Å². The summed E-state index contributed by atoms with van der Waals surface area (Å²) in [5.74, 6) is -0.410. The summed E-state index contributed by atoms with van der Waals surface area (Å²) in [6.45, 7) is 2.97. The number of benzene rings is 2. The molecule has 2 amide bonds. The first-order valence-corrected chi connectivity index (χ1v) is 9.79. The molecule has 0 saturated carbocycles. The van der Waals surface area contributed by atoms with Crippen molar-refractivity contribution in [1.82, 2.24) is 9.88 Å². The third kappa shape index (κ3) is 3.76. The Morgan fingerprint density at radius 2 is 2.11 bits per heavy atom. The summed E-state index contributed by atoms with van der Waals surface area (Å²) in [6, 6.07) is 13.5. The van der Waals surface area contributed by atoms with Crippen LogP contribution in [-0.2, 0) is 16.0 Å². The molecule has 0 aliphatic carbocycles. The van der Waals surface area contributed by atoms with E-state index in [4.69, 9.17) is 11.6 Å². The van der Waals surface area contributed by atoms with Gasteiger partial charge in [0.15, 0.2) is 0 Å². The highest BCUT2D eigenvalue weighted by molar-refractivity contribution is 6.30. The van der Waals surface area contributed by atoms with Gasteiger partial charge in [0.2, 0.25) is 11.8 Å². The fraction of sp³-hybridized carbons (Fsp3) is 0.273. The van der Waals surface area contributed by atoms with E-state index >= 15 is 0 Å². The summed E-state index contributed by atoms with van der Waals surface area (Å²) in [5.41, 5.74) is 3.93. The van der Waals surface area contributed by atoms with Crippen molar-refractivity contribution < 1.29 is 9.59 Å². The Morgan fingerprint density at radius 3 is 2.93 bits per heavy atom. The van der Waals surface area contributed by atoms with E-state index in [9.17, 15) is 9.59 Å². The molecule has 2 N–H and O–H groups in total. The Bertz CT molecular complexity index is 1040. The number of carbonyl (C=O) groups excluding carboxylic acids is 2. The number of aromatic nitrogens is 1. The molecule has 1 atom stereocenters. The molecule has 2 heterocycles. The summed E-state index contributed by atoms with van der Waals surface area (Å²) in [4.78, 5) is 30.1. The SMILES string of the molecule is Cc1cc(Cl)ccc1NC(=O)C1CC(=O)N(CCc2c[nH]c3ccccc23)C1. The maximum absolute atomic E-state index is 12.6. The van der Waals surface area contributed by atoms with E-state index < -0.39 is 0 Å². The number of halogens is 1. The summed E-state index contributed by atoms with van der Waals surface area (Å²) >= 11 is 5.97. The first kappa shape index (κ1) is 18.6. The van der Waals surface area contributed by atoms with Gasteiger partial charge in [-0.2, -0.15) is 0 Å². The van der Waals surface area contributed by atoms with Crippen LogP contribution in [-0.4, -0.2) is 34.8 Å². The van der Waals surface area contributed by atoms with E-state index in [-0.39, 0.29) is 24.2 Å². The first-order chi connectivity index (χ1) is 13.5. The fourth-order valence-corrected chi connectivity index (χ4v) is 3.99. The number of H-pyrrole nitrogens is 1. The van der Waals surface area contributed by atoms with Crippen molar-refractivity contribution in [3.05, 3.63) is 64.8 Å². The van der Waals surface area contributed by atoms with E-state index in [2.05, 4.69) is 16.4 Å². The van der Waals surface area contributed by atoms with Gasteiger partial charge in [-0.3, -0.25) is 9.59 Å². The largest absolute Gasteiger partial charge is 0.361 e. The maximum Gasteiger partial charge on any atom is 0.229 e. The maximum atomic E-state index is 12.6. The van der Waals surface area contributed by atoms with Gasteiger partial charge in [0.05, 0.1) is 5.92 Å². The smallest absolute Gasteiger partial charge is 0.229 e. The molecule has 1 saturated heterocycles. The molecule has 1 unspecified atom stereocenters. The predicted octanol–water partition coefficient (Wildman–Crippen LogP) is 4.16. The van der Waals surface area contributed by atoms with Crippen molar-refractivity contribution in [2.24, 2.45) is 5.92 Å². The minimum absolute atomic E-state index is 0.0350. The second-order valence-corrected chi connectivity index (χ2v) is 7.74. The van der Waals surface area contributed by atoms with Crippen molar-refractivity contribution in [2.45, 2.75) is 19.8 Å². The van der Waals surface area contributed by atoms with Crippen LogP contribution < -0.4 is 5.32 Å². The van der Waals surface area contributed by atoms with Crippen LogP contribution in [0.15, 0.2) is 48.7 Å². The van der Waals surface area contributed by atoms with Crippen LogP contribution in [0.25, 0.3) is 10.9 Å². The van der Waals surface area contributed by atoms with Gasteiger partial charge in [-0.15, -0.1) is 0 Å². The van der Waals surface area contributed by atoms with Crippen LogP contribution in [0, 0.1) is 12.8 Å². The number of para-hydroxylation sites is 1. The number of nitrogens with one attached hydrogen (secondary N) is 2. The lowest BCUT2D eigenvalue weighted by molar-refractivity contribution is -0.128. The number of likely N-dealkylation sites (tertiary alicyclic amines) is 1. The van der Waals surface area contributed by atoms with E-state index in [1.165, 1.54) is 10.9 Å². The van der Waals surface area contributed by atoms with E-state index in [1.807, 2.05) is 37.4 Å². The van der Waals surface area contributed by atoms with Crippen molar-refractivity contribution in [1.29, 1.82) is 0 Å². The molecule has 6 heteroatoms. The highest BCUT2D eigenvalue weighted by Crippen LogP contribution is 2.24. The van der Waals surface area contributed by atoms with Crippen molar-refractivity contribution in [3.63, 3.8) is 0 Å². The van der Waals surface area contributed by atoms with Crippen molar-refractivity contribution >= 4 is 40.0 Å². The Morgan fingerprint density at radius 1 is 1.29 bits per heavy atom. The van der Waals surface area contributed by atoms with E-state index in [0.717, 1.165) is 23.2 Å². The van der Waals surface area contributed by atoms with Crippen molar-refractivity contribution in [2.75, 3.05) is 18.4 Å². The molecule has 28 heavy (non-hydrogen) atoms. The Hall–Kier alpha value is -2.79. The van der Waals surface area contributed by atoms with Crippen molar-refractivity contribution in [3.8, 4) is 0 Å². The molecule has 1 aromatic heterocycles. The normalized spacial score (nSPS) is 16.7. The van der Waals surface area contributed by atoms with Gasteiger partial charge >= 0.3 is 0 Å². The second-order valence-electron chi connectivity index (χ2n) is 7.30. The molecule has 0 spiro atoms. The Balaban J connectivity index is 1.37. The molecule has 1 fully saturated rings. The summed E-state index contributed by atoms with van der Waals surface area (Å²) < 4.78 is 0. The fourth-order valence-electron chi connectivity index (χ4n) is 3.76. The Labute approximate surface area is 168 Å². The van der Waals surface area contributed by atoms with Crippen LogP contribution in [0.1, 0.15) is 17.5 Å². The van der Waals surface area contributed by atoms with Gasteiger partial charge in [-0.1, -0.05) is 29.8 Å². The molecule has 4 rings (SSSR count). The number of aryl methyl sites for hydroxylation is 1. The molecule has 1 aliphatic rings. The quantitative estimate of drug-likeness (QED) is 0.681. The number of anilines is 1. The number of fused-ring (bicyclic) bond motifs is 1. The molecule has 144 valence electrons. The average Bonchev–Trinajstić information content (AvgIpc) is 3.26. The number of aromatic amines is 1.